The van der Waals surface area contributed by atoms with Gasteiger partial charge < -0.3 is 4.52 Å². The first-order valence-electron chi connectivity index (χ1n) is 7.64. The van der Waals surface area contributed by atoms with Gasteiger partial charge in [0.15, 0.2) is 0 Å². The highest BCUT2D eigenvalue weighted by atomic mass is 32.2. The molecule has 0 bridgehead atoms. The first kappa shape index (κ1) is 16.7. The molecule has 1 saturated heterocycles. The van der Waals surface area contributed by atoms with Gasteiger partial charge >= 0.3 is 0 Å². The van der Waals surface area contributed by atoms with Gasteiger partial charge in [-0.15, -0.1) is 0 Å². The third kappa shape index (κ3) is 2.86. The second-order valence-corrected chi connectivity index (χ2v) is 7.69. The first-order valence-corrected chi connectivity index (χ1v) is 9.08. The highest BCUT2D eigenvalue weighted by molar-refractivity contribution is 7.89. The van der Waals surface area contributed by atoms with Gasteiger partial charge in [-0.25, -0.2) is 17.2 Å². The van der Waals surface area contributed by atoms with Gasteiger partial charge in [0.1, 0.15) is 16.5 Å². The smallest absolute Gasteiger partial charge is 0.246 e. The van der Waals surface area contributed by atoms with Crippen LogP contribution in [-0.4, -0.2) is 40.9 Å². The van der Waals surface area contributed by atoms with Crippen molar-refractivity contribution >= 4 is 10.0 Å². The van der Waals surface area contributed by atoms with Crippen LogP contribution < -0.4 is 0 Å². The minimum Gasteiger partial charge on any atom is -0.339 e. The zero-order valence-electron chi connectivity index (χ0n) is 13.2. The van der Waals surface area contributed by atoms with E-state index in [1.807, 2.05) is 0 Å². The van der Waals surface area contributed by atoms with Crippen LogP contribution in [0, 0.1) is 11.6 Å². The van der Waals surface area contributed by atoms with Crippen molar-refractivity contribution in [3.05, 3.63) is 60.3 Å². The summed E-state index contributed by atoms with van der Waals surface area (Å²) in [4.78, 5) is 7.48. The van der Waals surface area contributed by atoms with Gasteiger partial charge in [-0.2, -0.15) is 9.29 Å². The molecule has 0 aliphatic carbocycles. The summed E-state index contributed by atoms with van der Waals surface area (Å²) in [6, 6.07) is 5.77. The predicted octanol–water partition coefficient (Wildman–Crippen LogP) is 2.20. The summed E-state index contributed by atoms with van der Waals surface area (Å²) in [6.07, 6.45) is 3.19. The number of hydrogen-bond donors (Lipinski definition) is 0. The summed E-state index contributed by atoms with van der Waals surface area (Å²) in [5.41, 5.74) is 0.723. The number of halogens is 2. The SMILES string of the molecule is O=S(=O)(c1cc(F)ccc1F)N1CC(c2nc(-c3ccncc3)no2)C1. The van der Waals surface area contributed by atoms with Gasteiger partial charge in [0.25, 0.3) is 0 Å². The Bertz CT molecular complexity index is 1050. The second-order valence-electron chi connectivity index (χ2n) is 5.79. The van der Waals surface area contributed by atoms with Crippen LogP contribution in [0.5, 0.6) is 0 Å². The molecule has 3 aromatic rings. The third-order valence-corrected chi connectivity index (χ3v) is 5.94. The summed E-state index contributed by atoms with van der Waals surface area (Å²) in [6.45, 7) is 0.104. The minimum absolute atomic E-state index is 0.0519. The molecule has 0 spiro atoms. The Morgan fingerprint density at radius 2 is 1.85 bits per heavy atom. The molecule has 7 nitrogen and oxygen atoms in total. The number of nitrogens with zero attached hydrogens (tertiary/aromatic N) is 4. The molecule has 0 N–H and O–H groups in total. The normalized spacial score (nSPS) is 15.8. The Hall–Kier alpha value is -2.72. The molecule has 0 atom stereocenters. The fourth-order valence-electron chi connectivity index (χ4n) is 2.62. The van der Waals surface area contributed by atoms with Crippen molar-refractivity contribution in [2.45, 2.75) is 10.8 Å². The van der Waals surface area contributed by atoms with Crippen molar-refractivity contribution in [3.8, 4) is 11.4 Å². The van der Waals surface area contributed by atoms with Gasteiger partial charge in [0, 0.05) is 31.0 Å². The topological polar surface area (TPSA) is 89.2 Å². The largest absolute Gasteiger partial charge is 0.339 e. The fourth-order valence-corrected chi connectivity index (χ4v) is 4.23. The lowest BCUT2D eigenvalue weighted by Gasteiger charge is -2.35. The fraction of sp³-hybridized carbons (Fsp3) is 0.188. The lowest BCUT2D eigenvalue weighted by molar-refractivity contribution is 0.216. The van der Waals surface area contributed by atoms with Crippen LogP contribution in [-0.2, 0) is 10.0 Å². The Kier molecular flexibility index (Phi) is 4.00. The molecule has 1 aliphatic rings. The highest BCUT2D eigenvalue weighted by Crippen LogP contribution is 2.33. The minimum atomic E-state index is -4.12. The predicted molar refractivity (Wildman–Crippen MR) is 85.4 cm³/mol. The summed E-state index contributed by atoms with van der Waals surface area (Å²) in [7, 11) is -4.12. The Morgan fingerprint density at radius 1 is 1.12 bits per heavy atom. The summed E-state index contributed by atoms with van der Waals surface area (Å²) in [5.74, 6) is -1.44. The Labute approximate surface area is 147 Å². The molecule has 1 fully saturated rings. The van der Waals surface area contributed by atoms with Crippen molar-refractivity contribution < 1.29 is 21.7 Å². The summed E-state index contributed by atoms with van der Waals surface area (Å²) < 4.78 is 58.2. The molecule has 3 heterocycles. The van der Waals surface area contributed by atoms with Crippen LogP contribution in [0.2, 0.25) is 0 Å². The van der Waals surface area contributed by atoms with Gasteiger partial charge in [-0.1, -0.05) is 5.16 Å². The van der Waals surface area contributed by atoms with E-state index in [0.29, 0.717) is 17.8 Å². The molecule has 0 radical (unpaired) electrons. The van der Waals surface area contributed by atoms with Gasteiger partial charge in [-0.05, 0) is 30.3 Å². The molecule has 1 aromatic carbocycles. The summed E-state index contributed by atoms with van der Waals surface area (Å²) >= 11 is 0. The quantitative estimate of drug-likeness (QED) is 0.691. The van der Waals surface area contributed by atoms with Crippen molar-refractivity contribution in [2.75, 3.05) is 13.1 Å². The average Bonchev–Trinajstić information content (AvgIpc) is 3.06. The number of rotatable bonds is 4. The van der Waals surface area contributed by atoms with Crippen LogP contribution in [0.3, 0.4) is 0 Å². The molecule has 134 valence electrons. The molecular weight excluding hydrogens is 366 g/mol. The van der Waals surface area contributed by atoms with Crippen LogP contribution in [0.15, 0.2) is 52.1 Å². The molecular formula is C16H12F2N4O3S. The van der Waals surface area contributed by atoms with Crippen molar-refractivity contribution in [1.82, 2.24) is 19.4 Å². The zero-order chi connectivity index (χ0) is 18.3. The standard InChI is InChI=1S/C16H12F2N4O3S/c17-12-1-2-13(18)14(7-12)26(23,24)22-8-11(9-22)16-20-15(21-25-16)10-3-5-19-6-4-10/h1-7,11H,8-9H2. The molecule has 0 amide bonds. The van der Waals surface area contributed by atoms with Gasteiger partial charge in [0.2, 0.25) is 21.7 Å². The maximum absolute atomic E-state index is 13.8. The van der Waals surface area contributed by atoms with E-state index in [4.69, 9.17) is 4.52 Å². The van der Waals surface area contributed by atoms with E-state index in [1.54, 1.807) is 24.5 Å². The number of sulfonamides is 1. The lowest BCUT2D eigenvalue weighted by atomic mass is 10.0. The molecule has 2 aromatic heterocycles. The molecule has 4 rings (SSSR count). The zero-order valence-corrected chi connectivity index (χ0v) is 14.0. The third-order valence-electron chi connectivity index (χ3n) is 4.09. The van der Waals surface area contributed by atoms with Gasteiger partial charge in [0.05, 0.1) is 5.92 Å². The Balaban J connectivity index is 1.50. The van der Waals surface area contributed by atoms with E-state index >= 15 is 0 Å². The van der Waals surface area contributed by atoms with E-state index < -0.39 is 26.6 Å². The Morgan fingerprint density at radius 3 is 2.58 bits per heavy atom. The highest BCUT2D eigenvalue weighted by Gasteiger charge is 2.41. The van der Waals surface area contributed by atoms with Crippen molar-refractivity contribution in [1.29, 1.82) is 0 Å². The summed E-state index contributed by atoms with van der Waals surface area (Å²) in [5, 5.41) is 3.87. The van der Waals surface area contributed by atoms with E-state index in [1.165, 1.54) is 0 Å². The average molecular weight is 378 g/mol. The van der Waals surface area contributed by atoms with Crippen LogP contribution >= 0.6 is 0 Å². The second kappa shape index (κ2) is 6.22. The van der Waals surface area contributed by atoms with E-state index in [9.17, 15) is 17.2 Å². The van der Waals surface area contributed by atoms with Crippen molar-refractivity contribution in [2.24, 2.45) is 0 Å². The first-order chi connectivity index (χ1) is 12.4. The molecule has 26 heavy (non-hydrogen) atoms. The van der Waals surface area contributed by atoms with Gasteiger partial charge in [-0.3, -0.25) is 4.98 Å². The molecule has 10 heteroatoms. The van der Waals surface area contributed by atoms with Crippen LogP contribution in [0.1, 0.15) is 11.8 Å². The van der Waals surface area contributed by atoms with Crippen molar-refractivity contribution in [3.63, 3.8) is 0 Å². The molecule has 0 unspecified atom stereocenters. The number of benzene rings is 1. The number of hydrogen-bond acceptors (Lipinski definition) is 6. The maximum Gasteiger partial charge on any atom is 0.246 e. The van der Waals surface area contributed by atoms with Crippen LogP contribution in [0.25, 0.3) is 11.4 Å². The monoisotopic (exact) mass is 378 g/mol. The molecule has 0 saturated carbocycles. The van der Waals surface area contributed by atoms with Crippen LogP contribution in [0.4, 0.5) is 8.78 Å². The van der Waals surface area contributed by atoms with E-state index in [-0.39, 0.29) is 19.0 Å². The number of pyridine rings is 1. The van der Waals surface area contributed by atoms with E-state index in [0.717, 1.165) is 22.0 Å². The lowest BCUT2D eigenvalue weighted by Crippen LogP contribution is -2.48. The number of aromatic nitrogens is 3. The molecule has 1 aliphatic heterocycles. The van der Waals surface area contributed by atoms with E-state index in [2.05, 4.69) is 15.1 Å². The maximum atomic E-state index is 13.8.